The summed E-state index contributed by atoms with van der Waals surface area (Å²) in [6.07, 6.45) is 1.45. The number of carbonyl (C=O) groups is 2. The largest absolute Gasteiger partial charge is 0.859 e. The minimum atomic E-state index is -0.337. The molecule has 0 saturated heterocycles. The first kappa shape index (κ1) is 18.1. The average molecular weight is 377 g/mol. The van der Waals surface area contributed by atoms with Crippen molar-refractivity contribution in [2.24, 2.45) is 0 Å². The van der Waals surface area contributed by atoms with Crippen LogP contribution in [0.4, 0.5) is 0 Å². The first-order valence-corrected chi connectivity index (χ1v) is 8.95. The fourth-order valence-electron chi connectivity index (χ4n) is 3.70. The van der Waals surface area contributed by atoms with E-state index in [9.17, 15) is 14.7 Å². The van der Waals surface area contributed by atoms with Gasteiger partial charge in [0.25, 0.3) is 5.82 Å². The lowest BCUT2D eigenvalue weighted by Gasteiger charge is -2.13. The summed E-state index contributed by atoms with van der Waals surface area (Å²) in [5.41, 5.74) is 2.25. The van der Waals surface area contributed by atoms with Crippen LogP contribution in [0.1, 0.15) is 43.5 Å². The summed E-state index contributed by atoms with van der Waals surface area (Å²) in [7, 11) is 1.59. The number of rotatable bonds is 5. The highest BCUT2D eigenvalue weighted by molar-refractivity contribution is 6.26. The molecule has 4 rings (SSSR count). The van der Waals surface area contributed by atoms with Crippen LogP contribution in [0.25, 0.3) is 0 Å². The number of pyridine rings is 1. The molecule has 1 aromatic carbocycles. The number of imidazole rings is 1. The van der Waals surface area contributed by atoms with Gasteiger partial charge in [0.1, 0.15) is 13.1 Å². The van der Waals surface area contributed by atoms with E-state index < -0.39 is 0 Å². The second-order valence-corrected chi connectivity index (χ2v) is 6.68. The Morgan fingerprint density at radius 1 is 1.14 bits per heavy atom. The number of fused-ring (bicyclic) bond motifs is 2. The number of methoxy groups -OCH3 is 1. The van der Waals surface area contributed by atoms with Crippen LogP contribution < -0.4 is 9.67 Å². The zero-order valence-corrected chi connectivity index (χ0v) is 15.6. The molecular formula is C21H19N3O4. The van der Waals surface area contributed by atoms with E-state index in [1.165, 1.54) is 12.3 Å². The molecule has 7 nitrogen and oxygen atoms in total. The van der Waals surface area contributed by atoms with E-state index in [2.05, 4.69) is 4.98 Å². The third-order valence-electron chi connectivity index (χ3n) is 5.05. The van der Waals surface area contributed by atoms with Gasteiger partial charge >= 0.3 is 0 Å². The first-order valence-electron chi connectivity index (χ1n) is 8.95. The topological polar surface area (TPSA) is 88.1 Å². The normalized spacial score (nSPS) is 12.8. The van der Waals surface area contributed by atoms with Crippen molar-refractivity contribution in [3.8, 4) is 5.88 Å². The van der Waals surface area contributed by atoms with Gasteiger partial charge in [0.2, 0.25) is 23.0 Å². The Bertz CT molecular complexity index is 1100. The van der Waals surface area contributed by atoms with Gasteiger partial charge in [0.15, 0.2) is 0 Å². The summed E-state index contributed by atoms with van der Waals surface area (Å²) >= 11 is 0. The Balaban J connectivity index is 1.91. The third-order valence-corrected chi connectivity index (χ3v) is 5.05. The van der Waals surface area contributed by atoms with Crippen molar-refractivity contribution in [1.29, 1.82) is 0 Å². The van der Waals surface area contributed by atoms with E-state index in [0.717, 1.165) is 11.4 Å². The van der Waals surface area contributed by atoms with Gasteiger partial charge in [0.05, 0.1) is 6.61 Å². The van der Waals surface area contributed by atoms with Crippen LogP contribution in [0.3, 0.4) is 0 Å². The number of hydrogen-bond donors (Lipinski definition) is 0. The molecule has 0 N–H and O–H groups in total. The van der Waals surface area contributed by atoms with Crippen LogP contribution in [0.2, 0.25) is 0 Å². The average Bonchev–Trinajstić information content (AvgIpc) is 2.97. The molecule has 0 atom stereocenters. The second-order valence-electron chi connectivity index (χ2n) is 6.68. The minimum Gasteiger partial charge on any atom is -0.859 e. The van der Waals surface area contributed by atoms with E-state index in [1.54, 1.807) is 42.0 Å². The highest BCUT2D eigenvalue weighted by atomic mass is 16.5. The number of ether oxygens (including phenoxy) is 1. The van der Waals surface area contributed by atoms with E-state index in [0.29, 0.717) is 42.2 Å². The maximum atomic E-state index is 13.3. The van der Waals surface area contributed by atoms with Gasteiger partial charge in [-0.15, -0.1) is 0 Å². The fourth-order valence-corrected chi connectivity index (χ4v) is 3.70. The summed E-state index contributed by atoms with van der Waals surface area (Å²) in [5.74, 6) is 0.0419. The number of aromatic nitrogens is 3. The molecule has 1 aliphatic carbocycles. The molecule has 1 aliphatic rings. The van der Waals surface area contributed by atoms with E-state index in [4.69, 9.17) is 4.74 Å². The standard InChI is InChI=1S/C21H19N3O4/c1-13-23(9-10-28-2)18-19(24(13)12-14-7-8-22-17(25)11-14)21(27)16-6-4-3-5-15(16)20(18)26/h3-8,11H,9-10,12H2,1-2H3. The SMILES string of the molecule is COCCn1c2c([n+](Cc3ccnc([O-])c3)c1C)C(=O)c1ccccc1C2=O. The number of ketones is 2. The van der Waals surface area contributed by atoms with Gasteiger partial charge in [-0.05, 0) is 23.6 Å². The highest BCUT2D eigenvalue weighted by Gasteiger charge is 2.42. The zero-order valence-electron chi connectivity index (χ0n) is 15.6. The van der Waals surface area contributed by atoms with Crippen LogP contribution in [0.5, 0.6) is 5.88 Å². The van der Waals surface area contributed by atoms with Crippen molar-refractivity contribution >= 4 is 11.6 Å². The lowest BCUT2D eigenvalue weighted by molar-refractivity contribution is -0.695. The van der Waals surface area contributed by atoms with Crippen LogP contribution in [-0.2, 0) is 17.8 Å². The van der Waals surface area contributed by atoms with Crippen molar-refractivity contribution in [2.45, 2.75) is 20.0 Å². The molecule has 0 saturated carbocycles. The molecule has 0 amide bonds. The van der Waals surface area contributed by atoms with Gasteiger partial charge in [-0.1, -0.05) is 24.3 Å². The zero-order chi connectivity index (χ0) is 19.8. The Morgan fingerprint density at radius 3 is 2.54 bits per heavy atom. The quantitative estimate of drug-likeness (QED) is 0.485. The van der Waals surface area contributed by atoms with Gasteiger partial charge in [-0.25, -0.2) is 9.13 Å². The summed E-state index contributed by atoms with van der Waals surface area (Å²) in [5, 5.41) is 11.6. The Hall–Kier alpha value is -3.32. The Labute approximate surface area is 161 Å². The Kier molecular flexibility index (Phi) is 4.52. The predicted octanol–water partition coefficient (Wildman–Crippen LogP) is 1.02. The monoisotopic (exact) mass is 377 g/mol. The fraction of sp³-hybridized carbons (Fsp3) is 0.238. The summed E-state index contributed by atoms with van der Waals surface area (Å²) < 4.78 is 8.82. The van der Waals surface area contributed by atoms with Crippen LogP contribution in [-0.4, -0.2) is 34.8 Å². The molecule has 0 bridgehead atoms. The molecule has 2 heterocycles. The molecule has 2 aromatic heterocycles. The molecule has 7 heteroatoms. The number of benzene rings is 1. The van der Waals surface area contributed by atoms with Crippen LogP contribution in [0.15, 0.2) is 42.6 Å². The molecule has 0 radical (unpaired) electrons. The van der Waals surface area contributed by atoms with Crippen LogP contribution >= 0.6 is 0 Å². The molecule has 0 spiro atoms. The molecule has 142 valence electrons. The lowest BCUT2D eigenvalue weighted by Crippen LogP contribution is -2.43. The van der Waals surface area contributed by atoms with Crippen molar-refractivity contribution in [3.05, 3.63) is 76.5 Å². The molecule has 28 heavy (non-hydrogen) atoms. The van der Waals surface area contributed by atoms with Crippen molar-refractivity contribution in [3.63, 3.8) is 0 Å². The summed E-state index contributed by atoms with van der Waals surface area (Å²) in [6.45, 7) is 3.01. The van der Waals surface area contributed by atoms with Crippen molar-refractivity contribution in [2.75, 3.05) is 13.7 Å². The number of nitrogens with zero attached hydrogens (tertiary/aromatic N) is 3. The van der Waals surface area contributed by atoms with E-state index >= 15 is 0 Å². The predicted molar refractivity (Wildman–Crippen MR) is 97.3 cm³/mol. The number of carbonyl (C=O) groups excluding carboxylic acids is 2. The maximum absolute atomic E-state index is 13.3. The van der Waals surface area contributed by atoms with E-state index in [-0.39, 0.29) is 17.4 Å². The highest BCUT2D eigenvalue weighted by Crippen LogP contribution is 2.27. The summed E-state index contributed by atoms with van der Waals surface area (Å²) in [4.78, 5) is 30.2. The lowest BCUT2D eigenvalue weighted by atomic mass is 9.90. The Morgan fingerprint density at radius 2 is 1.86 bits per heavy atom. The van der Waals surface area contributed by atoms with Gasteiger partial charge in [-0.3, -0.25) is 14.6 Å². The summed E-state index contributed by atoms with van der Waals surface area (Å²) in [6, 6.07) is 10.0. The first-order chi connectivity index (χ1) is 13.5. The molecule has 3 aromatic rings. The minimum absolute atomic E-state index is 0.178. The van der Waals surface area contributed by atoms with Crippen LogP contribution in [0, 0.1) is 6.92 Å². The molecule has 0 unspecified atom stereocenters. The maximum Gasteiger partial charge on any atom is 0.254 e. The van der Waals surface area contributed by atoms with Gasteiger partial charge < -0.3 is 9.84 Å². The number of hydrogen-bond acceptors (Lipinski definition) is 5. The second kappa shape index (κ2) is 7.01. The smallest absolute Gasteiger partial charge is 0.254 e. The van der Waals surface area contributed by atoms with Crippen molar-refractivity contribution < 1.29 is 24.0 Å². The molecule has 0 aliphatic heterocycles. The third kappa shape index (κ3) is 2.80. The van der Waals surface area contributed by atoms with Gasteiger partial charge in [-0.2, -0.15) is 0 Å². The molecule has 0 fully saturated rings. The van der Waals surface area contributed by atoms with Gasteiger partial charge in [0, 0.05) is 31.4 Å². The van der Waals surface area contributed by atoms with E-state index in [1.807, 2.05) is 11.5 Å². The molecular weight excluding hydrogens is 358 g/mol. The van der Waals surface area contributed by atoms with Crippen molar-refractivity contribution in [1.82, 2.24) is 9.55 Å².